The van der Waals surface area contributed by atoms with E-state index in [1.54, 1.807) is 5.20 Å². The second-order valence-electron chi connectivity index (χ2n) is 5.62. The average Bonchev–Trinajstić information content (AvgIpc) is 2.58. The van der Waals surface area contributed by atoms with Crippen molar-refractivity contribution in [3.8, 4) is 0 Å². The molecule has 1 nitrogen and oxygen atoms in total. The van der Waals surface area contributed by atoms with Crippen LogP contribution in [0.2, 0.25) is 0 Å². The molecule has 0 heterocycles. The van der Waals surface area contributed by atoms with Crippen molar-refractivity contribution in [1.82, 2.24) is 0 Å². The molecule has 21 heavy (non-hydrogen) atoms. The molecule has 0 unspecified atom stereocenters. The van der Waals surface area contributed by atoms with Crippen molar-refractivity contribution in [3.63, 3.8) is 0 Å². The van der Waals surface area contributed by atoms with E-state index in [1.165, 1.54) is 36.8 Å². The van der Waals surface area contributed by atoms with Gasteiger partial charge in [0.25, 0.3) is 0 Å². The Balaban J connectivity index is 1.78. The standard InChI is InChI=1S/C19H22OSi/c1-4-10-16(11-5-1)19(17-12-6-2-7-13-17)20-21-18-14-8-3-9-15-18/h1-2,4-7,10-14,19H,3,8-9,15,21H2. The zero-order chi connectivity index (χ0) is 14.3. The predicted octanol–water partition coefficient (Wildman–Crippen LogP) is 4.33. The van der Waals surface area contributed by atoms with Crippen LogP contribution in [-0.2, 0) is 4.43 Å². The first-order valence-corrected chi connectivity index (χ1v) is 9.11. The van der Waals surface area contributed by atoms with Gasteiger partial charge in [-0.05, 0) is 36.8 Å². The van der Waals surface area contributed by atoms with Crippen LogP contribution < -0.4 is 0 Å². The number of hydrogen-bond donors (Lipinski definition) is 0. The first-order chi connectivity index (χ1) is 10.4. The molecule has 2 aromatic carbocycles. The highest BCUT2D eigenvalue weighted by Gasteiger charge is 2.15. The largest absolute Gasteiger partial charge is 0.408 e. The molecular formula is C19H22OSi. The molecule has 0 atom stereocenters. The molecule has 1 aliphatic rings. The number of allylic oxidation sites excluding steroid dienone is 2. The molecule has 0 N–H and O–H groups in total. The van der Waals surface area contributed by atoms with E-state index in [0.29, 0.717) is 0 Å². The molecule has 0 spiro atoms. The minimum absolute atomic E-state index is 0.0851. The molecule has 0 radical (unpaired) electrons. The molecule has 2 aromatic rings. The summed E-state index contributed by atoms with van der Waals surface area (Å²) < 4.78 is 6.42. The van der Waals surface area contributed by atoms with Crippen molar-refractivity contribution in [2.75, 3.05) is 0 Å². The second-order valence-corrected chi connectivity index (χ2v) is 7.15. The van der Waals surface area contributed by atoms with Gasteiger partial charge in [0.15, 0.2) is 9.76 Å². The van der Waals surface area contributed by atoms with E-state index >= 15 is 0 Å². The lowest BCUT2D eigenvalue weighted by Crippen LogP contribution is -2.12. The van der Waals surface area contributed by atoms with Crippen LogP contribution in [0.4, 0.5) is 0 Å². The van der Waals surface area contributed by atoms with Crippen LogP contribution in [0, 0.1) is 0 Å². The van der Waals surface area contributed by atoms with Crippen molar-refractivity contribution < 1.29 is 4.43 Å². The molecule has 0 saturated heterocycles. The summed E-state index contributed by atoms with van der Waals surface area (Å²) in [6.45, 7) is 0. The first kappa shape index (κ1) is 14.3. The lowest BCUT2D eigenvalue weighted by molar-refractivity contribution is 0.263. The third-order valence-corrected chi connectivity index (χ3v) is 5.54. The summed E-state index contributed by atoms with van der Waals surface area (Å²) in [6.07, 6.45) is 7.68. The van der Waals surface area contributed by atoms with Crippen molar-refractivity contribution in [2.45, 2.75) is 31.8 Å². The van der Waals surface area contributed by atoms with E-state index in [0.717, 1.165) is 0 Å². The topological polar surface area (TPSA) is 9.23 Å². The number of hydrogen-bond acceptors (Lipinski definition) is 1. The normalized spacial score (nSPS) is 15.6. The molecule has 108 valence electrons. The zero-order valence-corrected chi connectivity index (χ0v) is 13.8. The van der Waals surface area contributed by atoms with Gasteiger partial charge in [-0.1, -0.05) is 71.9 Å². The summed E-state index contributed by atoms with van der Waals surface area (Å²) in [4.78, 5) is 0. The molecule has 0 amide bonds. The summed E-state index contributed by atoms with van der Waals surface area (Å²) in [5.41, 5.74) is 2.51. The molecule has 0 bridgehead atoms. The molecule has 3 rings (SSSR count). The maximum Gasteiger partial charge on any atom is 0.189 e. The molecule has 2 heteroatoms. The van der Waals surface area contributed by atoms with Gasteiger partial charge in [-0.2, -0.15) is 0 Å². The van der Waals surface area contributed by atoms with Gasteiger partial charge in [0.05, 0.1) is 6.10 Å². The first-order valence-electron chi connectivity index (χ1n) is 7.83. The van der Waals surface area contributed by atoms with E-state index in [4.69, 9.17) is 4.43 Å². The fourth-order valence-electron chi connectivity index (χ4n) is 2.87. The average molecular weight is 294 g/mol. The molecule has 0 aliphatic heterocycles. The highest BCUT2D eigenvalue weighted by atomic mass is 28.2. The van der Waals surface area contributed by atoms with Gasteiger partial charge in [-0.3, -0.25) is 0 Å². The Hall–Kier alpha value is -1.64. The maximum absolute atomic E-state index is 6.42. The third kappa shape index (κ3) is 3.93. The summed E-state index contributed by atoms with van der Waals surface area (Å²) in [7, 11) is -0.608. The fraction of sp³-hybridized carbons (Fsp3) is 0.263. The van der Waals surface area contributed by atoms with E-state index in [2.05, 4.69) is 66.7 Å². The Bertz CT molecular complexity index is 538. The lowest BCUT2D eigenvalue weighted by Gasteiger charge is -2.21. The third-order valence-electron chi connectivity index (χ3n) is 4.03. The maximum atomic E-state index is 6.42. The van der Waals surface area contributed by atoms with E-state index in [9.17, 15) is 0 Å². The van der Waals surface area contributed by atoms with Crippen LogP contribution in [0.1, 0.15) is 42.9 Å². The monoisotopic (exact) mass is 294 g/mol. The molecule has 0 fully saturated rings. The van der Waals surface area contributed by atoms with Gasteiger partial charge in [0.2, 0.25) is 0 Å². The Morgan fingerprint density at radius 1 is 0.810 bits per heavy atom. The minimum Gasteiger partial charge on any atom is -0.408 e. The highest BCUT2D eigenvalue weighted by Crippen LogP contribution is 2.27. The van der Waals surface area contributed by atoms with E-state index in [1.807, 2.05) is 0 Å². The predicted molar refractivity (Wildman–Crippen MR) is 90.9 cm³/mol. The highest BCUT2D eigenvalue weighted by molar-refractivity contribution is 6.38. The van der Waals surface area contributed by atoms with Gasteiger partial charge >= 0.3 is 0 Å². The zero-order valence-electron chi connectivity index (χ0n) is 12.4. The lowest BCUT2D eigenvalue weighted by atomic mass is 10.0. The van der Waals surface area contributed by atoms with E-state index < -0.39 is 9.76 Å². The van der Waals surface area contributed by atoms with Gasteiger partial charge in [-0.25, -0.2) is 0 Å². The Labute approximate surface area is 129 Å². The smallest absolute Gasteiger partial charge is 0.189 e. The van der Waals surface area contributed by atoms with Gasteiger partial charge in [0, 0.05) is 0 Å². The quantitative estimate of drug-likeness (QED) is 0.746. The van der Waals surface area contributed by atoms with Crippen molar-refractivity contribution in [3.05, 3.63) is 83.1 Å². The Morgan fingerprint density at radius 2 is 1.43 bits per heavy atom. The number of rotatable bonds is 5. The second kappa shape index (κ2) is 7.39. The minimum atomic E-state index is -0.608. The molecule has 0 aromatic heterocycles. The molecule has 1 aliphatic carbocycles. The van der Waals surface area contributed by atoms with Crippen molar-refractivity contribution in [1.29, 1.82) is 0 Å². The summed E-state index contributed by atoms with van der Waals surface area (Å²) >= 11 is 0. The van der Waals surface area contributed by atoms with Crippen LogP contribution in [0.25, 0.3) is 0 Å². The van der Waals surface area contributed by atoms with Gasteiger partial charge < -0.3 is 4.43 Å². The fourth-order valence-corrected chi connectivity index (χ4v) is 4.35. The van der Waals surface area contributed by atoms with Crippen molar-refractivity contribution in [2.24, 2.45) is 0 Å². The summed E-state index contributed by atoms with van der Waals surface area (Å²) in [5.74, 6) is 0. The van der Waals surface area contributed by atoms with Gasteiger partial charge in [-0.15, -0.1) is 0 Å². The molecule has 0 saturated carbocycles. The van der Waals surface area contributed by atoms with Crippen LogP contribution >= 0.6 is 0 Å². The summed E-state index contributed by atoms with van der Waals surface area (Å²) in [6, 6.07) is 21.2. The van der Waals surface area contributed by atoms with Crippen LogP contribution in [0.15, 0.2) is 71.9 Å². The van der Waals surface area contributed by atoms with E-state index in [-0.39, 0.29) is 6.10 Å². The van der Waals surface area contributed by atoms with Crippen LogP contribution in [0.5, 0.6) is 0 Å². The number of benzene rings is 2. The van der Waals surface area contributed by atoms with Crippen LogP contribution in [0.3, 0.4) is 0 Å². The van der Waals surface area contributed by atoms with Gasteiger partial charge in [0.1, 0.15) is 0 Å². The summed E-state index contributed by atoms with van der Waals surface area (Å²) in [5, 5.41) is 1.60. The SMILES string of the molecule is C1=C([SiH2]OC(c2ccccc2)c2ccccc2)CCCC1. The molecular weight excluding hydrogens is 272 g/mol. The Morgan fingerprint density at radius 3 is 1.95 bits per heavy atom. The van der Waals surface area contributed by atoms with Crippen LogP contribution in [-0.4, -0.2) is 9.76 Å². The Kier molecular flexibility index (Phi) is 5.03. The van der Waals surface area contributed by atoms with Crippen molar-refractivity contribution >= 4 is 9.76 Å².